The van der Waals surface area contributed by atoms with Crippen LogP contribution in [0.15, 0.2) is 34.8 Å². The van der Waals surface area contributed by atoms with Crippen LogP contribution in [0.5, 0.6) is 11.6 Å². The fourth-order valence-corrected chi connectivity index (χ4v) is 1.73. The molecular weight excluding hydrogens is 300 g/mol. The third kappa shape index (κ3) is 1.97. The van der Waals surface area contributed by atoms with Gasteiger partial charge in [0, 0.05) is 17.8 Å². The van der Waals surface area contributed by atoms with Crippen LogP contribution in [0, 0.1) is 0 Å². The highest BCUT2D eigenvalue weighted by Gasteiger charge is 2.06. The number of anilines is 1. The lowest BCUT2D eigenvalue weighted by atomic mass is 10.3. The van der Waals surface area contributed by atoms with E-state index in [9.17, 15) is 0 Å². The average Bonchev–Trinajstić information content (AvgIpc) is 2.81. The first kappa shape index (κ1) is 10.9. The Bertz CT molecular complexity index is 712. The van der Waals surface area contributed by atoms with Crippen molar-refractivity contribution in [1.82, 2.24) is 25.3 Å². The van der Waals surface area contributed by atoms with E-state index in [1.165, 1.54) is 4.63 Å². The lowest BCUT2D eigenvalue weighted by molar-refractivity contribution is 0.445. The van der Waals surface area contributed by atoms with Crippen LogP contribution in [0.2, 0.25) is 0 Å². The summed E-state index contributed by atoms with van der Waals surface area (Å²) in [6, 6.07) is 8.68. The number of nitrogens with two attached hydrogens (primary N) is 1. The lowest BCUT2D eigenvalue weighted by Gasteiger charge is -2.07. The molecular formula is C10H7BrN6O. The second-order valence-electron chi connectivity index (χ2n) is 3.49. The second-order valence-corrected chi connectivity index (χ2v) is 4.34. The molecule has 7 nitrogen and oxygen atoms in total. The van der Waals surface area contributed by atoms with E-state index >= 15 is 0 Å². The lowest BCUT2D eigenvalue weighted by Crippen LogP contribution is -1.97. The van der Waals surface area contributed by atoms with Crippen molar-refractivity contribution in [1.29, 1.82) is 0 Å². The van der Waals surface area contributed by atoms with Gasteiger partial charge in [-0.1, -0.05) is 0 Å². The highest BCUT2D eigenvalue weighted by molar-refractivity contribution is 9.10. The molecule has 2 N–H and O–H groups in total. The maximum Gasteiger partial charge on any atom is 0.239 e. The van der Waals surface area contributed by atoms with Crippen LogP contribution in [0.1, 0.15) is 0 Å². The van der Waals surface area contributed by atoms with Crippen molar-refractivity contribution in [3.63, 3.8) is 0 Å². The Morgan fingerprint density at radius 1 is 1.22 bits per heavy atom. The van der Waals surface area contributed by atoms with Gasteiger partial charge >= 0.3 is 0 Å². The van der Waals surface area contributed by atoms with E-state index in [4.69, 9.17) is 10.5 Å². The van der Waals surface area contributed by atoms with Gasteiger partial charge in [-0.15, -0.1) is 14.8 Å². The van der Waals surface area contributed by atoms with Gasteiger partial charge in [0.1, 0.15) is 5.75 Å². The zero-order valence-corrected chi connectivity index (χ0v) is 10.6. The largest absolute Gasteiger partial charge is 0.436 e. The first-order valence-electron chi connectivity index (χ1n) is 5.01. The molecule has 0 bridgehead atoms. The van der Waals surface area contributed by atoms with Crippen molar-refractivity contribution < 1.29 is 4.74 Å². The number of benzene rings is 1. The highest BCUT2D eigenvalue weighted by Crippen LogP contribution is 2.30. The average molecular weight is 307 g/mol. The van der Waals surface area contributed by atoms with Crippen molar-refractivity contribution in [2.24, 2.45) is 0 Å². The molecule has 3 aromatic rings. The minimum atomic E-state index is 0.376. The number of nitrogens with zero attached hydrogens (tertiary/aromatic N) is 5. The molecule has 0 amide bonds. The van der Waals surface area contributed by atoms with Gasteiger partial charge in [0.15, 0.2) is 5.65 Å². The minimum Gasteiger partial charge on any atom is -0.436 e. The number of tetrazole rings is 1. The Morgan fingerprint density at radius 2 is 2.11 bits per heavy atom. The fraction of sp³-hybridized carbons (Fsp3) is 0. The summed E-state index contributed by atoms with van der Waals surface area (Å²) < 4.78 is 7.69. The fourth-order valence-electron chi connectivity index (χ4n) is 1.40. The van der Waals surface area contributed by atoms with Crippen molar-refractivity contribution in [2.75, 3.05) is 5.73 Å². The van der Waals surface area contributed by atoms with Gasteiger partial charge in [-0.2, -0.15) is 0 Å². The van der Waals surface area contributed by atoms with Crippen LogP contribution in [0.4, 0.5) is 5.69 Å². The Hall–Kier alpha value is -2.22. The number of rotatable bonds is 2. The van der Waals surface area contributed by atoms with Crippen molar-refractivity contribution in [3.05, 3.63) is 34.8 Å². The predicted molar refractivity (Wildman–Crippen MR) is 67.2 cm³/mol. The Kier molecular flexibility index (Phi) is 2.56. The van der Waals surface area contributed by atoms with Gasteiger partial charge in [-0.25, -0.2) is 0 Å². The molecule has 0 radical (unpaired) electrons. The standard InChI is InChI=1S/C10H7BrN6O/c11-7-2-1-6(12)5-8(7)18-10-4-3-9-13-15-16-17(9)14-10/h1-5H,12H2. The summed E-state index contributed by atoms with van der Waals surface area (Å²) in [7, 11) is 0. The van der Waals surface area contributed by atoms with Crippen LogP contribution < -0.4 is 10.5 Å². The second kappa shape index (κ2) is 4.22. The molecule has 0 saturated heterocycles. The van der Waals surface area contributed by atoms with E-state index < -0.39 is 0 Å². The number of hydrogen-bond donors (Lipinski definition) is 1. The van der Waals surface area contributed by atoms with E-state index in [1.807, 2.05) is 0 Å². The molecule has 0 aliphatic rings. The van der Waals surface area contributed by atoms with Gasteiger partial charge in [-0.05, 0) is 44.6 Å². The smallest absolute Gasteiger partial charge is 0.239 e. The molecule has 3 rings (SSSR count). The summed E-state index contributed by atoms with van der Waals surface area (Å²) in [6.07, 6.45) is 0. The first-order valence-corrected chi connectivity index (χ1v) is 5.80. The van der Waals surface area contributed by atoms with Crippen LogP contribution in [0.25, 0.3) is 5.65 Å². The normalized spacial score (nSPS) is 10.7. The zero-order chi connectivity index (χ0) is 12.5. The minimum absolute atomic E-state index is 0.376. The number of aromatic nitrogens is 5. The molecule has 2 heterocycles. The van der Waals surface area contributed by atoms with Crippen molar-refractivity contribution in [2.45, 2.75) is 0 Å². The number of nitrogen functional groups attached to an aromatic ring is 1. The zero-order valence-electron chi connectivity index (χ0n) is 8.99. The van der Waals surface area contributed by atoms with E-state index in [-0.39, 0.29) is 0 Å². The van der Waals surface area contributed by atoms with Crippen LogP contribution >= 0.6 is 15.9 Å². The molecule has 0 aliphatic heterocycles. The molecule has 18 heavy (non-hydrogen) atoms. The topological polar surface area (TPSA) is 91.2 Å². The molecule has 0 fully saturated rings. The SMILES string of the molecule is Nc1ccc(Br)c(Oc2ccc3nnnn3n2)c1. The Balaban J connectivity index is 1.97. The molecule has 90 valence electrons. The summed E-state index contributed by atoms with van der Waals surface area (Å²) in [4.78, 5) is 0. The number of ether oxygens (including phenoxy) is 1. The maximum atomic E-state index is 5.70. The van der Waals surface area contributed by atoms with Crippen LogP contribution in [0.3, 0.4) is 0 Å². The van der Waals surface area contributed by atoms with E-state index in [2.05, 4.69) is 36.6 Å². The summed E-state index contributed by atoms with van der Waals surface area (Å²) in [5, 5.41) is 15.0. The monoisotopic (exact) mass is 306 g/mol. The predicted octanol–water partition coefficient (Wildman–Crippen LogP) is 1.66. The van der Waals surface area contributed by atoms with Gasteiger partial charge < -0.3 is 10.5 Å². The Morgan fingerprint density at radius 3 is 3.00 bits per heavy atom. The molecule has 1 aromatic carbocycles. The molecule has 0 atom stereocenters. The Labute approximate surface area is 110 Å². The number of fused-ring (bicyclic) bond motifs is 1. The van der Waals surface area contributed by atoms with Gasteiger partial charge in [0.25, 0.3) is 0 Å². The summed E-state index contributed by atoms with van der Waals surface area (Å²) >= 11 is 3.37. The van der Waals surface area contributed by atoms with Gasteiger partial charge in [0.2, 0.25) is 5.88 Å². The maximum absolute atomic E-state index is 5.70. The third-order valence-electron chi connectivity index (χ3n) is 2.21. The van der Waals surface area contributed by atoms with Gasteiger partial charge in [0.05, 0.1) is 4.47 Å². The summed E-state index contributed by atoms with van der Waals surface area (Å²) in [5.74, 6) is 0.955. The third-order valence-corrected chi connectivity index (χ3v) is 2.87. The quantitative estimate of drug-likeness (QED) is 0.724. The van der Waals surface area contributed by atoms with E-state index in [0.29, 0.717) is 23.0 Å². The van der Waals surface area contributed by atoms with Gasteiger partial charge in [-0.3, -0.25) is 0 Å². The van der Waals surface area contributed by atoms with Crippen LogP contribution in [-0.4, -0.2) is 25.3 Å². The van der Waals surface area contributed by atoms with E-state index in [0.717, 1.165) is 4.47 Å². The van der Waals surface area contributed by atoms with Crippen LogP contribution in [-0.2, 0) is 0 Å². The molecule has 0 unspecified atom stereocenters. The summed E-state index contributed by atoms with van der Waals surface area (Å²) in [6.45, 7) is 0. The molecule has 2 aromatic heterocycles. The number of hydrogen-bond acceptors (Lipinski definition) is 6. The summed E-state index contributed by atoms with van der Waals surface area (Å²) in [5.41, 5.74) is 6.85. The van der Waals surface area contributed by atoms with Crippen molar-refractivity contribution in [3.8, 4) is 11.6 Å². The molecule has 8 heteroatoms. The molecule has 0 spiro atoms. The molecule has 0 aliphatic carbocycles. The highest BCUT2D eigenvalue weighted by atomic mass is 79.9. The molecule has 0 saturated carbocycles. The number of halogens is 1. The van der Waals surface area contributed by atoms with E-state index in [1.54, 1.807) is 30.3 Å². The first-order chi connectivity index (χ1) is 8.72. The van der Waals surface area contributed by atoms with Crippen molar-refractivity contribution >= 4 is 27.3 Å².